The van der Waals surface area contributed by atoms with Gasteiger partial charge in [0, 0.05) is 16.2 Å². The van der Waals surface area contributed by atoms with E-state index in [0.717, 1.165) is 0 Å². The first-order valence-corrected chi connectivity index (χ1v) is 8.19. The summed E-state index contributed by atoms with van der Waals surface area (Å²) in [5.41, 5.74) is 0.826. The lowest BCUT2D eigenvalue weighted by molar-refractivity contribution is -0.168. The summed E-state index contributed by atoms with van der Waals surface area (Å²) in [5.74, 6) is -5.55. The zero-order valence-corrected chi connectivity index (χ0v) is 14.4. The van der Waals surface area contributed by atoms with Gasteiger partial charge in [0.1, 0.15) is 5.92 Å². The molecule has 0 saturated heterocycles. The van der Waals surface area contributed by atoms with E-state index in [9.17, 15) is 23.1 Å². The predicted octanol–water partition coefficient (Wildman–Crippen LogP) is 5.64. The molecule has 1 aromatic heterocycles. The van der Waals surface area contributed by atoms with Gasteiger partial charge in [0.2, 0.25) is 0 Å². The van der Waals surface area contributed by atoms with Gasteiger partial charge in [-0.2, -0.15) is 13.2 Å². The number of hydrogen-bond donors (Lipinski definition) is 2. The molecule has 1 heterocycles. The molecule has 3 rings (SSSR count). The molecular weight excluding hydrogens is 367 g/mol. The van der Waals surface area contributed by atoms with Gasteiger partial charge in [-0.1, -0.05) is 35.9 Å². The Labute approximate surface area is 152 Å². The van der Waals surface area contributed by atoms with Gasteiger partial charge < -0.3 is 10.1 Å². The first-order valence-electron chi connectivity index (χ1n) is 7.81. The highest BCUT2D eigenvalue weighted by Gasteiger charge is 2.50. The Morgan fingerprint density at radius 2 is 1.85 bits per heavy atom. The molecule has 3 aromatic rings. The molecule has 0 bridgehead atoms. The number of fused-ring (bicyclic) bond motifs is 1. The molecule has 3 nitrogen and oxygen atoms in total. The van der Waals surface area contributed by atoms with Crippen LogP contribution in [0.25, 0.3) is 10.9 Å². The fourth-order valence-corrected chi connectivity index (χ4v) is 3.48. The molecule has 0 fully saturated rings. The average molecular weight is 382 g/mol. The number of benzene rings is 2. The van der Waals surface area contributed by atoms with Gasteiger partial charge in [-0.05, 0) is 47.7 Å². The Bertz CT molecular complexity index is 932. The van der Waals surface area contributed by atoms with Crippen LogP contribution in [0.4, 0.5) is 13.2 Å². The van der Waals surface area contributed by atoms with E-state index in [-0.39, 0.29) is 11.3 Å². The molecule has 0 aliphatic rings. The number of hydrogen-bond acceptors (Lipinski definition) is 1. The molecule has 0 saturated carbocycles. The topological polar surface area (TPSA) is 53.1 Å². The normalized spacial score (nSPS) is 14.3. The number of H-pyrrole nitrogens is 1. The molecule has 2 N–H and O–H groups in total. The van der Waals surface area contributed by atoms with Crippen LogP contribution < -0.4 is 0 Å². The SMILES string of the molecule is Cc1cc(Cl)ccc1C(C(=O)O)[C@H](c1cc2ccccc2[nH]1)C(F)(F)F. The third-order valence-electron chi connectivity index (χ3n) is 4.40. The van der Waals surface area contributed by atoms with Crippen LogP contribution in [0.3, 0.4) is 0 Å². The molecule has 136 valence electrons. The molecule has 1 unspecified atom stereocenters. The lowest BCUT2D eigenvalue weighted by atomic mass is 9.81. The predicted molar refractivity (Wildman–Crippen MR) is 93.7 cm³/mol. The van der Waals surface area contributed by atoms with Crippen LogP contribution in [0.1, 0.15) is 28.7 Å². The van der Waals surface area contributed by atoms with Crippen LogP contribution in [0.2, 0.25) is 5.02 Å². The van der Waals surface area contributed by atoms with Crippen molar-refractivity contribution < 1.29 is 23.1 Å². The van der Waals surface area contributed by atoms with E-state index >= 15 is 0 Å². The summed E-state index contributed by atoms with van der Waals surface area (Å²) in [6.07, 6.45) is -4.75. The molecule has 2 atom stereocenters. The lowest BCUT2D eigenvalue weighted by Crippen LogP contribution is -2.32. The summed E-state index contributed by atoms with van der Waals surface area (Å²) in [4.78, 5) is 14.6. The van der Waals surface area contributed by atoms with E-state index in [1.807, 2.05) is 0 Å². The third-order valence-corrected chi connectivity index (χ3v) is 4.64. The molecule has 0 amide bonds. The molecule has 0 aliphatic carbocycles. The van der Waals surface area contributed by atoms with E-state index in [2.05, 4.69) is 4.98 Å². The summed E-state index contributed by atoms with van der Waals surface area (Å²) in [7, 11) is 0. The fraction of sp³-hybridized carbons (Fsp3) is 0.211. The minimum atomic E-state index is -4.75. The maximum absolute atomic E-state index is 13.9. The maximum Gasteiger partial charge on any atom is 0.398 e. The van der Waals surface area contributed by atoms with Gasteiger partial charge in [0.05, 0.1) is 5.92 Å². The zero-order chi connectivity index (χ0) is 19.1. The molecule has 0 spiro atoms. The van der Waals surface area contributed by atoms with Crippen molar-refractivity contribution in [2.75, 3.05) is 0 Å². The third kappa shape index (κ3) is 3.42. The van der Waals surface area contributed by atoms with E-state index in [0.29, 0.717) is 21.5 Å². The van der Waals surface area contributed by atoms with Crippen LogP contribution in [-0.4, -0.2) is 22.2 Å². The number of alkyl halides is 3. The van der Waals surface area contributed by atoms with Crippen LogP contribution in [0, 0.1) is 6.92 Å². The Kier molecular flexibility index (Phi) is 4.71. The van der Waals surface area contributed by atoms with E-state index < -0.39 is 24.0 Å². The largest absolute Gasteiger partial charge is 0.481 e. The fourth-order valence-electron chi connectivity index (χ4n) is 3.25. The number of rotatable bonds is 4. The average Bonchev–Trinajstić information content (AvgIpc) is 2.94. The number of carboxylic acid groups (broad SMARTS) is 1. The van der Waals surface area contributed by atoms with E-state index in [1.165, 1.54) is 24.3 Å². The zero-order valence-electron chi connectivity index (χ0n) is 13.6. The van der Waals surface area contributed by atoms with Crippen LogP contribution in [0.5, 0.6) is 0 Å². The molecule has 0 aliphatic heterocycles. The lowest BCUT2D eigenvalue weighted by Gasteiger charge is -2.27. The van der Waals surface area contributed by atoms with E-state index in [4.69, 9.17) is 11.6 Å². The molecule has 7 heteroatoms. The van der Waals surface area contributed by atoms with Crippen molar-refractivity contribution >= 4 is 28.5 Å². The van der Waals surface area contributed by atoms with Crippen LogP contribution >= 0.6 is 11.6 Å². The Morgan fingerprint density at radius 1 is 1.15 bits per heavy atom. The van der Waals surface area contributed by atoms with Crippen molar-refractivity contribution in [2.45, 2.75) is 24.9 Å². The van der Waals surface area contributed by atoms with Gasteiger partial charge in [-0.3, -0.25) is 4.79 Å². The monoisotopic (exact) mass is 381 g/mol. The Morgan fingerprint density at radius 3 is 2.42 bits per heavy atom. The number of aryl methyl sites for hydroxylation is 1. The number of aliphatic carboxylic acids is 1. The van der Waals surface area contributed by atoms with Gasteiger partial charge >= 0.3 is 12.1 Å². The first kappa shape index (κ1) is 18.3. The standard InChI is InChI=1S/C19H15ClF3NO2/c1-10-8-12(20)6-7-13(10)16(18(25)26)17(19(21,22)23)15-9-11-4-2-3-5-14(11)24-15/h2-9,16-17,24H,1H3,(H,25,26)/t16?,17-/m0/s1. The number of carboxylic acids is 1. The van der Waals surface area contributed by atoms with Gasteiger partial charge in [0.25, 0.3) is 0 Å². The summed E-state index contributed by atoms with van der Waals surface area (Å²) < 4.78 is 41.8. The highest BCUT2D eigenvalue weighted by molar-refractivity contribution is 6.30. The molecule has 0 radical (unpaired) electrons. The van der Waals surface area contributed by atoms with Gasteiger partial charge in [0.15, 0.2) is 0 Å². The molecule has 26 heavy (non-hydrogen) atoms. The number of halogens is 4. The molecular formula is C19H15ClF3NO2. The minimum Gasteiger partial charge on any atom is -0.481 e. The van der Waals surface area contributed by atoms with Crippen molar-refractivity contribution in [3.8, 4) is 0 Å². The second-order valence-corrected chi connectivity index (χ2v) is 6.58. The maximum atomic E-state index is 13.9. The summed E-state index contributed by atoms with van der Waals surface area (Å²) in [6.45, 7) is 1.55. The Balaban J connectivity index is 2.20. The second-order valence-electron chi connectivity index (χ2n) is 6.15. The van der Waals surface area contributed by atoms with Crippen LogP contribution in [-0.2, 0) is 4.79 Å². The number of para-hydroxylation sites is 1. The highest BCUT2D eigenvalue weighted by atomic mass is 35.5. The minimum absolute atomic E-state index is 0.0860. The van der Waals surface area contributed by atoms with Crippen molar-refractivity contribution in [3.63, 3.8) is 0 Å². The summed E-state index contributed by atoms with van der Waals surface area (Å²) >= 11 is 5.87. The molecule has 2 aromatic carbocycles. The van der Waals surface area contributed by atoms with Gasteiger partial charge in [-0.25, -0.2) is 0 Å². The Hall–Kier alpha value is -2.47. The van der Waals surface area contributed by atoms with Crippen molar-refractivity contribution in [3.05, 3.63) is 70.4 Å². The van der Waals surface area contributed by atoms with Crippen molar-refractivity contribution in [1.29, 1.82) is 0 Å². The van der Waals surface area contributed by atoms with Gasteiger partial charge in [-0.15, -0.1) is 0 Å². The number of aromatic amines is 1. The number of nitrogens with one attached hydrogen (secondary N) is 1. The number of carbonyl (C=O) groups is 1. The highest BCUT2D eigenvalue weighted by Crippen LogP contribution is 2.46. The first-order chi connectivity index (χ1) is 12.2. The van der Waals surface area contributed by atoms with E-state index in [1.54, 1.807) is 31.2 Å². The van der Waals surface area contributed by atoms with Crippen molar-refractivity contribution in [2.24, 2.45) is 0 Å². The quantitative estimate of drug-likeness (QED) is 0.614. The number of aromatic nitrogens is 1. The van der Waals surface area contributed by atoms with Crippen LogP contribution in [0.15, 0.2) is 48.5 Å². The second kappa shape index (κ2) is 6.68. The smallest absolute Gasteiger partial charge is 0.398 e. The summed E-state index contributed by atoms with van der Waals surface area (Å²) in [6, 6.07) is 12.3. The summed E-state index contributed by atoms with van der Waals surface area (Å²) in [5, 5.41) is 10.6. The van der Waals surface area contributed by atoms with Crippen molar-refractivity contribution in [1.82, 2.24) is 4.98 Å².